The van der Waals surface area contributed by atoms with Crippen molar-refractivity contribution in [2.75, 3.05) is 13.2 Å². The number of hydrogen-bond acceptors (Lipinski definition) is 6. The van der Waals surface area contributed by atoms with Gasteiger partial charge in [0.1, 0.15) is 13.2 Å². The zero-order valence-electron chi connectivity index (χ0n) is 45.6. The fraction of sp³-hybridized carbons (Fsp3) is 0.855. The van der Waals surface area contributed by atoms with Crippen LogP contribution < -0.4 is 0 Å². The lowest BCUT2D eigenvalue weighted by Crippen LogP contribution is -2.30. The summed E-state index contributed by atoms with van der Waals surface area (Å²) in [6, 6.07) is 0. The average Bonchev–Trinajstić information content (AvgIpc) is 3.34. The number of ether oxygens (including phenoxy) is 3. The van der Waals surface area contributed by atoms with E-state index in [9.17, 15) is 14.4 Å². The van der Waals surface area contributed by atoms with Crippen LogP contribution in [0, 0.1) is 0 Å². The summed E-state index contributed by atoms with van der Waals surface area (Å²) in [5.41, 5.74) is 0. The van der Waals surface area contributed by atoms with E-state index in [2.05, 4.69) is 57.2 Å². The Morgan fingerprint density at radius 2 is 0.485 bits per heavy atom. The molecule has 0 aromatic carbocycles. The lowest BCUT2D eigenvalue weighted by atomic mass is 10.1. The molecular weight excluding hydrogens is 841 g/mol. The van der Waals surface area contributed by atoms with Gasteiger partial charge in [0.2, 0.25) is 0 Å². The van der Waals surface area contributed by atoms with E-state index in [0.717, 1.165) is 64.2 Å². The third-order valence-corrected chi connectivity index (χ3v) is 13.3. The highest BCUT2D eigenvalue weighted by Crippen LogP contribution is 2.16. The molecule has 0 aliphatic heterocycles. The van der Waals surface area contributed by atoms with Crippen LogP contribution >= 0.6 is 0 Å². The van der Waals surface area contributed by atoms with Crippen molar-refractivity contribution >= 4 is 17.9 Å². The minimum absolute atomic E-state index is 0.0765. The summed E-state index contributed by atoms with van der Waals surface area (Å²) >= 11 is 0. The molecule has 6 heteroatoms. The van der Waals surface area contributed by atoms with Gasteiger partial charge in [0.05, 0.1) is 0 Å². The Bertz CT molecular complexity index is 1140. The molecule has 398 valence electrons. The molecule has 6 nitrogen and oxygen atoms in total. The third-order valence-electron chi connectivity index (χ3n) is 13.3. The van der Waals surface area contributed by atoms with Gasteiger partial charge in [-0.25, -0.2) is 0 Å². The van der Waals surface area contributed by atoms with Gasteiger partial charge in [-0.3, -0.25) is 14.4 Å². The topological polar surface area (TPSA) is 78.9 Å². The Morgan fingerprint density at radius 3 is 0.750 bits per heavy atom. The molecule has 0 N–H and O–H groups in total. The van der Waals surface area contributed by atoms with Crippen LogP contribution in [0.15, 0.2) is 36.5 Å². The van der Waals surface area contributed by atoms with Gasteiger partial charge in [-0.2, -0.15) is 0 Å². The van der Waals surface area contributed by atoms with E-state index in [1.54, 1.807) is 0 Å². The van der Waals surface area contributed by atoms with Crippen LogP contribution in [0.25, 0.3) is 0 Å². The van der Waals surface area contributed by atoms with E-state index in [-0.39, 0.29) is 31.1 Å². The number of carbonyl (C=O) groups is 3. The van der Waals surface area contributed by atoms with E-state index < -0.39 is 6.10 Å². The van der Waals surface area contributed by atoms with E-state index >= 15 is 0 Å². The second kappa shape index (κ2) is 57.2. The molecule has 0 bridgehead atoms. The summed E-state index contributed by atoms with van der Waals surface area (Å²) in [5.74, 6) is -0.876. The van der Waals surface area contributed by atoms with E-state index in [1.165, 1.54) is 218 Å². The molecule has 0 amide bonds. The van der Waals surface area contributed by atoms with E-state index in [0.29, 0.717) is 19.3 Å². The molecule has 0 spiro atoms. The minimum Gasteiger partial charge on any atom is -0.462 e. The number of hydrogen-bond donors (Lipinski definition) is 0. The van der Waals surface area contributed by atoms with E-state index in [1.807, 2.05) is 0 Å². The number of esters is 3. The van der Waals surface area contributed by atoms with Crippen molar-refractivity contribution in [3.63, 3.8) is 0 Å². The monoisotopic (exact) mass is 955 g/mol. The van der Waals surface area contributed by atoms with Crippen molar-refractivity contribution in [2.45, 2.75) is 329 Å². The van der Waals surface area contributed by atoms with Gasteiger partial charge < -0.3 is 14.2 Å². The van der Waals surface area contributed by atoms with Gasteiger partial charge >= 0.3 is 17.9 Å². The lowest BCUT2D eigenvalue weighted by Gasteiger charge is -2.18. The molecule has 0 saturated heterocycles. The predicted octanol–water partition coefficient (Wildman–Crippen LogP) is 20.0. The molecule has 0 aliphatic carbocycles. The highest BCUT2D eigenvalue weighted by molar-refractivity contribution is 5.71. The molecule has 1 unspecified atom stereocenters. The fourth-order valence-corrected chi connectivity index (χ4v) is 8.78. The molecule has 0 saturated carbocycles. The maximum atomic E-state index is 12.9. The van der Waals surface area contributed by atoms with Crippen molar-refractivity contribution < 1.29 is 28.6 Å². The highest BCUT2D eigenvalue weighted by Gasteiger charge is 2.19. The Kier molecular flexibility index (Phi) is 55.2. The standard InChI is InChI=1S/C62H114O6/c1-4-7-10-13-16-19-22-25-28-30-32-34-37-40-43-46-49-52-55-61(64)67-58-59(57-66-60(63)54-51-48-45-42-39-36-33-27-24-21-18-15-12-9-6-3)68-62(65)56-53-50-47-44-41-38-35-31-29-26-23-20-17-14-11-8-5-2/h21,24,26,29,32,34,59H,4-20,22-23,25,27-28,30-31,33,35-58H2,1-3H3/b24-21-,29-26-,34-32-. The molecule has 68 heavy (non-hydrogen) atoms. The number of carbonyl (C=O) groups excluding carboxylic acids is 3. The maximum Gasteiger partial charge on any atom is 0.306 e. The first-order chi connectivity index (χ1) is 33.5. The first kappa shape index (κ1) is 65.6. The van der Waals surface area contributed by atoms with Crippen LogP contribution in [0.5, 0.6) is 0 Å². The van der Waals surface area contributed by atoms with Crippen LogP contribution in [0.2, 0.25) is 0 Å². The van der Waals surface area contributed by atoms with Gasteiger partial charge in [0, 0.05) is 19.3 Å². The molecule has 0 radical (unpaired) electrons. The average molecular weight is 956 g/mol. The Balaban J connectivity index is 4.36. The van der Waals surface area contributed by atoms with E-state index in [4.69, 9.17) is 14.2 Å². The van der Waals surface area contributed by atoms with Gasteiger partial charge in [0.25, 0.3) is 0 Å². The second-order valence-electron chi connectivity index (χ2n) is 20.2. The molecule has 0 aromatic heterocycles. The van der Waals surface area contributed by atoms with Crippen LogP contribution in [-0.4, -0.2) is 37.2 Å². The van der Waals surface area contributed by atoms with Gasteiger partial charge in [-0.05, 0) is 96.3 Å². The summed E-state index contributed by atoms with van der Waals surface area (Å²) in [6.07, 6.45) is 68.5. The van der Waals surface area contributed by atoms with Crippen LogP contribution in [-0.2, 0) is 28.6 Å². The molecule has 0 fully saturated rings. The Morgan fingerprint density at radius 1 is 0.279 bits per heavy atom. The molecule has 0 aromatic rings. The fourth-order valence-electron chi connectivity index (χ4n) is 8.78. The van der Waals surface area contributed by atoms with Gasteiger partial charge in [-0.1, -0.05) is 243 Å². The summed E-state index contributed by atoms with van der Waals surface area (Å²) in [6.45, 7) is 6.65. The van der Waals surface area contributed by atoms with Crippen molar-refractivity contribution in [3.05, 3.63) is 36.5 Å². The predicted molar refractivity (Wildman–Crippen MR) is 293 cm³/mol. The summed E-state index contributed by atoms with van der Waals surface area (Å²) < 4.78 is 16.9. The minimum atomic E-state index is -0.778. The summed E-state index contributed by atoms with van der Waals surface area (Å²) in [5, 5.41) is 0. The molecule has 0 aliphatic rings. The van der Waals surface area contributed by atoms with Crippen LogP contribution in [0.1, 0.15) is 323 Å². The molecule has 0 heterocycles. The van der Waals surface area contributed by atoms with Crippen molar-refractivity contribution in [2.24, 2.45) is 0 Å². The van der Waals surface area contributed by atoms with Crippen LogP contribution in [0.3, 0.4) is 0 Å². The normalized spacial score (nSPS) is 12.2. The van der Waals surface area contributed by atoms with Crippen molar-refractivity contribution in [1.29, 1.82) is 0 Å². The molecule has 0 rings (SSSR count). The first-order valence-electron chi connectivity index (χ1n) is 30.0. The largest absolute Gasteiger partial charge is 0.462 e. The lowest BCUT2D eigenvalue weighted by molar-refractivity contribution is -0.167. The Labute approximate surface area is 423 Å². The molecule has 1 atom stereocenters. The van der Waals surface area contributed by atoms with Gasteiger partial charge in [-0.15, -0.1) is 0 Å². The highest BCUT2D eigenvalue weighted by atomic mass is 16.6. The van der Waals surface area contributed by atoms with Gasteiger partial charge in [0.15, 0.2) is 6.10 Å². The number of unbranched alkanes of at least 4 members (excludes halogenated alkanes) is 38. The zero-order chi connectivity index (χ0) is 49.3. The summed E-state index contributed by atoms with van der Waals surface area (Å²) in [7, 11) is 0. The zero-order valence-corrected chi connectivity index (χ0v) is 45.6. The Hall–Kier alpha value is -2.37. The maximum absolute atomic E-state index is 12.9. The smallest absolute Gasteiger partial charge is 0.306 e. The summed E-state index contributed by atoms with van der Waals surface area (Å²) in [4.78, 5) is 38.2. The SMILES string of the molecule is CCCCCC/C=C\CCCCCCCCCC(=O)OCC(COC(=O)CCCCCCC/C=C\CCCCCCCCCCC)OC(=O)CCCCCCCCC/C=C\CCCCCCCC. The number of allylic oxidation sites excluding steroid dienone is 6. The van der Waals surface area contributed by atoms with Crippen LogP contribution in [0.4, 0.5) is 0 Å². The van der Waals surface area contributed by atoms with Crippen molar-refractivity contribution in [3.8, 4) is 0 Å². The number of rotatable bonds is 55. The first-order valence-corrected chi connectivity index (χ1v) is 30.0. The quantitative estimate of drug-likeness (QED) is 0.0262. The molecular formula is C62H114O6. The second-order valence-corrected chi connectivity index (χ2v) is 20.2. The third kappa shape index (κ3) is 54.6. The van der Waals surface area contributed by atoms with Crippen molar-refractivity contribution in [1.82, 2.24) is 0 Å².